The third-order valence-electron chi connectivity index (χ3n) is 4.26. The molecule has 20 heavy (non-hydrogen) atoms. The average Bonchev–Trinajstić information content (AvgIpc) is 2.40. The van der Waals surface area contributed by atoms with Crippen LogP contribution in [-0.4, -0.2) is 24.2 Å². The summed E-state index contributed by atoms with van der Waals surface area (Å²) in [5.74, 6) is -1.30. The molecule has 0 aromatic heterocycles. The van der Waals surface area contributed by atoms with E-state index in [1.165, 1.54) is 12.1 Å². The highest BCUT2D eigenvalue weighted by Gasteiger charge is 2.24. The molecular formula is C15H21FN2O2. The predicted molar refractivity (Wildman–Crippen MR) is 77.6 cm³/mol. The highest BCUT2D eigenvalue weighted by Crippen LogP contribution is 2.33. The molecule has 1 aromatic rings. The van der Waals surface area contributed by atoms with Crippen molar-refractivity contribution in [1.29, 1.82) is 0 Å². The second kappa shape index (κ2) is 5.69. The lowest BCUT2D eigenvalue weighted by atomic mass is 9.86. The Hall–Kier alpha value is -1.78. The Kier molecular flexibility index (Phi) is 4.16. The van der Waals surface area contributed by atoms with Gasteiger partial charge in [-0.15, -0.1) is 0 Å². The van der Waals surface area contributed by atoms with Gasteiger partial charge in [-0.05, 0) is 37.7 Å². The summed E-state index contributed by atoms with van der Waals surface area (Å²) in [4.78, 5) is 12.9. The van der Waals surface area contributed by atoms with Gasteiger partial charge in [0.2, 0.25) is 0 Å². The minimum Gasteiger partial charge on any atom is -0.478 e. The summed E-state index contributed by atoms with van der Waals surface area (Å²) in [7, 11) is 1.90. The molecule has 0 amide bonds. The van der Waals surface area contributed by atoms with Crippen LogP contribution in [0.3, 0.4) is 0 Å². The van der Waals surface area contributed by atoms with Gasteiger partial charge >= 0.3 is 5.97 Å². The molecule has 0 unspecified atom stereocenters. The summed E-state index contributed by atoms with van der Waals surface area (Å²) in [5, 5.41) is 8.89. The molecule has 2 rings (SSSR count). The lowest BCUT2D eigenvalue weighted by molar-refractivity contribution is 0.0692. The molecule has 110 valence electrons. The lowest BCUT2D eigenvalue weighted by Crippen LogP contribution is -2.35. The maximum atomic E-state index is 13.8. The van der Waals surface area contributed by atoms with E-state index in [0.717, 1.165) is 31.6 Å². The van der Waals surface area contributed by atoms with Crippen molar-refractivity contribution in [2.45, 2.75) is 38.6 Å². The molecule has 1 aliphatic carbocycles. The smallest absolute Gasteiger partial charge is 0.338 e. The van der Waals surface area contributed by atoms with E-state index in [-0.39, 0.29) is 5.56 Å². The summed E-state index contributed by atoms with van der Waals surface area (Å²) >= 11 is 0. The number of anilines is 2. The van der Waals surface area contributed by atoms with Crippen molar-refractivity contribution in [2.24, 2.45) is 5.92 Å². The summed E-state index contributed by atoms with van der Waals surface area (Å²) in [6, 6.07) is 2.77. The molecule has 1 aromatic carbocycles. The van der Waals surface area contributed by atoms with Gasteiger partial charge in [-0.1, -0.05) is 6.92 Å². The SMILES string of the molecule is CC1CCC(N(C)c2cc(F)c(C(=O)O)cc2N)CC1. The number of aromatic carboxylic acids is 1. The van der Waals surface area contributed by atoms with E-state index in [2.05, 4.69) is 6.92 Å². The van der Waals surface area contributed by atoms with Crippen LogP contribution in [0.25, 0.3) is 0 Å². The number of carboxylic acids is 1. The van der Waals surface area contributed by atoms with Gasteiger partial charge in [0.25, 0.3) is 0 Å². The largest absolute Gasteiger partial charge is 0.478 e. The van der Waals surface area contributed by atoms with Crippen LogP contribution >= 0.6 is 0 Å². The highest BCUT2D eigenvalue weighted by molar-refractivity contribution is 5.91. The van der Waals surface area contributed by atoms with Gasteiger partial charge in [-0.3, -0.25) is 0 Å². The number of rotatable bonds is 3. The van der Waals surface area contributed by atoms with Crippen LogP contribution in [0.5, 0.6) is 0 Å². The normalized spacial score (nSPS) is 22.6. The number of carboxylic acid groups (broad SMARTS) is 1. The number of nitrogens with zero attached hydrogens (tertiary/aromatic N) is 1. The third kappa shape index (κ3) is 2.86. The molecule has 5 heteroatoms. The second-order valence-electron chi connectivity index (χ2n) is 5.72. The molecule has 1 saturated carbocycles. The van der Waals surface area contributed by atoms with Crippen LogP contribution in [0, 0.1) is 11.7 Å². The van der Waals surface area contributed by atoms with E-state index in [4.69, 9.17) is 10.8 Å². The monoisotopic (exact) mass is 280 g/mol. The first-order chi connectivity index (χ1) is 9.40. The van der Waals surface area contributed by atoms with Crippen molar-refractivity contribution in [2.75, 3.05) is 17.7 Å². The van der Waals surface area contributed by atoms with Crippen LogP contribution in [-0.2, 0) is 0 Å². The van der Waals surface area contributed by atoms with E-state index in [1.54, 1.807) is 0 Å². The van der Waals surface area contributed by atoms with Crippen LogP contribution in [0.15, 0.2) is 12.1 Å². The molecule has 0 aliphatic heterocycles. The van der Waals surface area contributed by atoms with Gasteiger partial charge < -0.3 is 15.7 Å². The molecular weight excluding hydrogens is 259 g/mol. The van der Waals surface area contributed by atoms with Gasteiger partial charge in [0.05, 0.1) is 16.9 Å². The summed E-state index contributed by atoms with van der Waals surface area (Å²) in [5.41, 5.74) is 6.40. The number of benzene rings is 1. The summed E-state index contributed by atoms with van der Waals surface area (Å²) in [6.45, 7) is 2.24. The van der Waals surface area contributed by atoms with Gasteiger partial charge in [-0.2, -0.15) is 0 Å². The standard InChI is InChI=1S/C15H21FN2O2/c1-9-3-5-10(6-4-9)18(2)14-8-12(16)11(15(19)20)7-13(14)17/h7-10H,3-6,17H2,1-2H3,(H,19,20). The van der Waals surface area contributed by atoms with E-state index in [9.17, 15) is 9.18 Å². The topological polar surface area (TPSA) is 66.6 Å². The predicted octanol–water partition coefficient (Wildman–Crippen LogP) is 3.12. The highest BCUT2D eigenvalue weighted by atomic mass is 19.1. The zero-order valence-corrected chi connectivity index (χ0v) is 11.9. The lowest BCUT2D eigenvalue weighted by Gasteiger charge is -2.35. The molecule has 0 atom stereocenters. The molecule has 0 saturated heterocycles. The fraction of sp³-hybridized carbons (Fsp3) is 0.533. The van der Waals surface area contributed by atoms with Gasteiger partial charge in [0.15, 0.2) is 0 Å². The Morgan fingerprint density at radius 3 is 2.50 bits per heavy atom. The minimum atomic E-state index is -1.30. The molecule has 0 heterocycles. The van der Waals surface area contributed by atoms with Crippen molar-refractivity contribution < 1.29 is 14.3 Å². The number of hydrogen-bond acceptors (Lipinski definition) is 3. The quantitative estimate of drug-likeness (QED) is 0.835. The van der Waals surface area contributed by atoms with Gasteiger partial charge in [0, 0.05) is 19.2 Å². The Balaban J connectivity index is 2.24. The first-order valence-corrected chi connectivity index (χ1v) is 6.95. The fourth-order valence-corrected chi connectivity index (χ4v) is 2.88. The molecule has 0 spiro atoms. The second-order valence-corrected chi connectivity index (χ2v) is 5.72. The zero-order chi connectivity index (χ0) is 14.9. The Morgan fingerprint density at radius 1 is 1.35 bits per heavy atom. The molecule has 0 bridgehead atoms. The van der Waals surface area contributed by atoms with Crippen molar-refractivity contribution in [3.63, 3.8) is 0 Å². The number of halogens is 1. The van der Waals surface area contributed by atoms with Crippen molar-refractivity contribution >= 4 is 17.3 Å². The molecule has 1 aliphatic rings. The summed E-state index contributed by atoms with van der Waals surface area (Å²) < 4.78 is 13.8. The number of carbonyl (C=O) groups is 1. The van der Waals surface area contributed by atoms with Crippen LogP contribution < -0.4 is 10.6 Å². The first-order valence-electron chi connectivity index (χ1n) is 6.95. The van der Waals surface area contributed by atoms with Crippen LogP contribution in [0.1, 0.15) is 43.0 Å². The van der Waals surface area contributed by atoms with E-state index in [1.807, 2.05) is 11.9 Å². The van der Waals surface area contributed by atoms with E-state index < -0.39 is 11.8 Å². The molecule has 0 radical (unpaired) electrons. The van der Waals surface area contributed by atoms with Crippen molar-refractivity contribution in [1.82, 2.24) is 0 Å². The summed E-state index contributed by atoms with van der Waals surface area (Å²) in [6.07, 6.45) is 4.42. The van der Waals surface area contributed by atoms with E-state index >= 15 is 0 Å². The van der Waals surface area contributed by atoms with E-state index in [0.29, 0.717) is 17.4 Å². The van der Waals surface area contributed by atoms with Crippen molar-refractivity contribution in [3.05, 3.63) is 23.5 Å². The van der Waals surface area contributed by atoms with Crippen LogP contribution in [0.2, 0.25) is 0 Å². The van der Waals surface area contributed by atoms with Crippen LogP contribution in [0.4, 0.5) is 15.8 Å². The van der Waals surface area contributed by atoms with Gasteiger partial charge in [0.1, 0.15) is 5.82 Å². The Bertz CT molecular complexity index is 511. The number of nitrogens with two attached hydrogens (primary N) is 1. The number of hydrogen-bond donors (Lipinski definition) is 2. The molecule has 4 nitrogen and oxygen atoms in total. The Morgan fingerprint density at radius 2 is 1.95 bits per heavy atom. The minimum absolute atomic E-state index is 0.310. The Labute approximate surface area is 118 Å². The van der Waals surface area contributed by atoms with Crippen molar-refractivity contribution in [3.8, 4) is 0 Å². The maximum Gasteiger partial charge on any atom is 0.338 e. The zero-order valence-electron chi connectivity index (χ0n) is 11.9. The fourth-order valence-electron chi connectivity index (χ4n) is 2.88. The average molecular weight is 280 g/mol. The molecule has 3 N–H and O–H groups in total. The molecule has 1 fully saturated rings. The number of nitrogen functional groups attached to an aromatic ring is 1. The van der Waals surface area contributed by atoms with Gasteiger partial charge in [-0.25, -0.2) is 9.18 Å². The maximum absolute atomic E-state index is 13.8. The first kappa shape index (κ1) is 14.6. The third-order valence-corrected chi connectivity index (χ3v) is 4.26.